The molecule has 0 spiro atoms. The Morgan fingerprint density at radius 2 is 1.97 bits per heavy atom. The smallest absolute Gasteiger partial charge is 0.481 e. The van der Waals surface area contributed by atoms with E-state index in [0.29, 0.717) is 17.0 Å². The van der Waals surface area contributed by atoms with E-state index in [0.717, 1.165) is 59.8 Å². The number of halogens is 3. The van der Waals surface area contributed by atoms with Gasteiger partial charge in [0.15, 0.2) is 0 Å². The Bertz CT molecular complexity index is 1470. The van der Waals surface area contributed by atoms with E-state index >= 15 is 0 Å². The van der Waals surface area contributed by atoms with Crippen molar-refractivity contribution in [2.75, 3.05) is 0 Å². The van der Waals surface area contributed by atoms with E-state index in [1.807, 2.05) is 18.2 Å². The standard InChI is InChI=1S/C26H22F3N3O4/c27-26(28,29)35-18-9-16(13-2-1-3-13)8-17(10-18)25-31-24(32-36-25)15-5-7-21-20(11-15)19-6-4-14(12-22(33)34)23(19)30-21/h5,7-11,13-14,30H,1-4,6,12H2,(H,33,34). The van der Waals surface area contributed by atoms with Gasteiger partial charge in [0.1, 0.15) is 5.75 Å². The number of carboxylic acid groups (broad SMARTS) is 1. The van der Waals surface area contributed by atoms with Gasteiger partial charge in [-0.05, 0) is 79.1 Å². The van der Waals surface area contributed by atoms with Crippen LogP contribution in [0, 0.1) is 0 Å². The fourth-order valence-corrected chi connectivity index (χ4v) is 5.28. The average molecular weight is 497 g/mol. The molecule has 2 aliphatic rings. The van der Waals surface area contributed by atoms with Crippen molar-refractivity contribution in [3.63, 3.8) is 0 Å². The normalized spacial score (nSPS) is 17.8. The van der Waals surface area contributed by atoms with Crippen molar-refractivity contribution >= 4 is 16.9 Å². The zero-order valence-corrected chi connectivity index (χ0v) is 19.1. The maximum atomic E-state index is 12.9. The molecule has 0 aliphatic heterocycles. The molecule has 10 heteroatoms. The van der Waals surface area contributed by atoms with Crippen LogP contribution in [0.4, 0.5) is 13.2 Å². The molecule has 1 atom stereocenters. The van der Waals surface area contributed by atoms with Gasteiger partial charge in [0, 0.05) is 33.6 Å². The molecule has 0 saturated heterocycles. The molecule has 0 amide bonds. The van der Waals surface area contributed by atoms with Crippen molar-refractivity contribution in [2.45, 2.75) is 56.7 Å². The molecule has 4 aromatic rings. The molecule has 0 bridgehead atoms. The highest BCUT2D eigenvalue weighted by molar-refractivity contribution is 5.89. The lowest BCUT2D eigenvalue weighted by Crippen LogP contribution is -2.17. The number of aromatic amines is 1. The van der Waals surface area contributed by atoms with Crippen molar-refractivity contribution < 1.29 is 32.3 Å². The van der Waals surface area contributed by atoms with E-state index in [1.54, 1.807) is 6.07 Å². The number of hydrogen-bond acceptors (Lipinski definition) is 5. The predicted octanol–water partition coefficient (Wildman–Crippen LogP) is 6.56. The monoisotopic (exact) mass is 497 g/mol. The van der Waals surface area contributed by atoms with Gasteiger partial charge in [-0.2, -0.15) is 4.98 Å². The van der Waals surface area contributed by atoms with Crippen molar-refractivity contribution in [2.24, 2.45) is 0 Å². The summed E-state index contributed by atoms with van der Waals surface area (Å²) in [5.41, 5.74) is 4.80. The molecular weight excluding hydrogens is 475 g/mol. The molecule has 2 N–H and O–H groups in total. The van der Waals surface area contributed by atoms with E-state index in [1.165, 1.54) is 12.1 Å². The van der Waals surface area contributed by atoms with Crippen LogP contribution < -0.4 is 4.74 Å². The number of carboxylic acids is 1. The molecule has 1 saturated carbocycles. The number of hydrogen-bond donors (Lipinski definition) is 2. The quantitative estimate of drug-likeness (QED) is 0.313. The summed E-state index contributed by atoms with van der Waals surface area (Å²) in [4.78, 5) is 19.0. The van der Waals surface area contributed by atoms with Crippen LogP contribution in [0.1, 0.15) is 60.8 Å². The van der Waals surface area contributed by atoms with E-state index in [-0.39, 0.29) is 29.9 Å². The Labute approximate surface area is 203 Å². The first kappa shape index (κ1) is 22.6. The summed E-state index contributed by atoms with van der Waals surface area (Å²) in [5.74, 6) is -0.556. The first-order chi connectivity index (χ1) is 17.2. The van der Waals surface area contributed by atoms with Gasteiger partial charge in [-0.3, -0.25) is 4.79 Å². The first-order valence-electron chi connectivity index (χ1n) is 11.8. The molecule has 186 valence electrons. The van der Waals surface area contributed by atoms with Gasteiger partial charge in [-0.1, -0.05) is 11.6 Å². The molecule has 36 heavy (non-hydrogen) atoms. The number of H-pyrrole nitrogens is 1. The molecule has 2 aliphatic carbocycles. The van der Waals surface area contributed by atoms with E-state index in [9.17, 15) is 23.1 Å². The number of aromatic nitrogens is 3. The lowest BCUT2D eigenvalue weighted by Gasteiger charge is -2.26. The Hall–Kier alpha value is -3.82. The zero-order valence-electron chi connectivity index (χ0n) is 19.1. The third-order valence-electron chi connectivity index (χ3n) is 7.18. The summed E-state index contributed by atoms with van der Waals surface area (Å²) in [5, 5.41) is 14.3. The number of nitrogens with zero attached hydrogens (tertiary/aromatic N) is 2. The maximum absolute atomic E-state index is 12.9. The SMILES string of the molecule is O=C(O)CC1CCc2c1[nH]c1ccc(-c3noc(-c4cc(OC(F)(F)F)cc(C5CCC5)c4)n3)cc21. The van der Waals surface area contributed by atoms with Crippen molar-refractivity contribution in [1.29, 1.82) is 0 Å². The predicted molar refractivity (Wildman–Crippen MR) is 124 cm³/mol. The number of rotatable bonds is 6. The van der Waals surface area contributed by atoms with E-state index < -0.39 is 12.3 Å². The fraction of sp³-hybridized carbons (Fsp3) is 0.346. The average Bonchev–Trinajstić information content (AvgIpc) is 3.47. The Morgan fingerprint density at radius 3 is 2.69 bits per heavy atom. The summed E-state index contributed by atoms with van der Waals surface area (Å²) in [6.45, 7) is 0. The highest BCUT2D eigenvalue weighted by Crippen LogP contribution is 2.42. The summed E-state index contributed by atoms with van der Waals surface area (Å²) in [6, 6.07) is 10.1. The van der Waals surface area contributed by atoms with Gasteiger partial charge in [0.25, 0.3) is 5.89 Å². The molecule has 2 aromatic carbocycles. The first-order valence-corrected chi connectivity index (χ1v) is 11.8. The van der Waals surface area contributed by atoms with Crippen LogP contribution >= 0.6 is 0 Å². The molecule has 1 unspecified atom stereocenters. The third-order valence-corrected chi connectivity index (χ3v) is 7.18. The number of alkyl halides is 3. The zero-order chi connectivity index (χ0) is 25.0. The number of carbonyl (C=O) groups is 1. The third kappa shape index (κ3) is 4.20. The van der Waals surface area contributed by atoms with E-state index in [2.05, 4.69) is 19.9 Å². The molecule has 2 heterocycles. The second-order valence-electron chi connectivity index (χ2n) is 9.50. The van der Waals surface area contributed by atoms with Crippen molar-refractivity contribution in [3.8, 4) is 28.6 Å². The van der Waals surface area contributed by atoms with Crippen LogP contribution in [0.25, 0.3) is 33.7 Å². The lowest BCUT2D eigenvalue weighted by atomic mass is 9.79. The number of fused-ring (bicyclic) bond motifs is 3. The minimum Gasteiger partial charge on any atom is -0.481 e. The second-order valence-corrected chi connectivity index (χ2v) is 9.50. The van der Waals surface area contributed by atoms with Crippen LogP contribution in [-0.2, 0) is 11.2 Å². The Morgan fingerprint density at radius 1 is 1.14 bits per heavy atom. The second kappa shape index (κ2) is 8.39. The Balaban J connectivity index is 1.33. The largest absolute Gasteiger partial charge is 0.573 e. The highest BCUT2D eigenvalue weighted by atomic mass is 19.4. The molecule has 2 aromatic heterocycles. The maximum Gasteiger partial charge on any atom is 0.573 e. The van der Waals surface area contributed by atoms with Crippen LogP contribution in [0.2, 0.25) is 0 Å². The number of nitrogens with one attached hydrogen (secondary N) is 1. The van der Waals surface area contributed by atoms with Crippen molar-refractivity contribution in [1.82, 2.24) is 15.1 Å². The molecular formula is C26H22F3N3O4. The number of ether oxygens (including phenoxy) is 1. The minimum atomic E-state index is -4.80. The number of benzene rings is 2. The summed E-state index contributed by atoms with van der Waals surface area (Å²) in [7, 11) is 0. The Kier molecular flexibility index (Phi) is 5.27. The lowest BCUT2D eigenvalue weighted by molar-refractivity contribution is -0.274. The highest BCUT2D eigenvalue weighted by Gasteiger charge is 2.32. The molecule has 6 rings (SSSR count). The van der Waals surface area contributed by atoms with Gasteiger partial charge in [-0.15, -0.1) is 13.2 Å². The molecule has 0 radical (unpaired) electrons. The summed E-state index contributed by atoms with van der Waals surface area (Å²) >= 11 is 0. The van der Waals surface area contributed by atoms with Crippen LogP contribution in [-0.4, -0.2) is 32.6 Å². The van der Waals surface area contributed by atoms with Gasteiger partial charge in [0.2, 0.25) is 5.82 Å². The number of aliphatic carboxylic acids is 1. The van der Waals surface area contributed by atoms with Gasteiger partial charge in [-0.25, -0.2) is 0 Å². The van der Waals surface area contributed by atoms with Crippen LogP contribution in [0.3, 0.4) is 0 Å². The van der Waals surface area contributed by atoms with Gasteiger partial charge >= 0.3 is 12.3 Å². The summed E-state index contributed by atoms with van der Waals surface area (Å²) in [6.07, 6.45) is -0.288. The van der Waals surface area contributed by atoms with Crippen LogP contribution in [0.5, 0.6) is 5.75 Å². The van der Waals surface area contributed by atoms with Crippen LogP contribution in [0.15, 0.2) is 40.9 Å². The fourth-order valence-electron chi connectivity index (χ4n) is 5.28. The minimum absolute atomic E-state index is 0.0406. The molecule has 1 fully saturated rings. The summed E-state index contributed by atoms with van der Waals surface area (Å²) < 4.78 is 48.4. The van der Waals surface area contributed by atoms with E-state index in [4.69, 9.17) is 4.52 Å². The number of aryl methyl sites for hydroxylation is 1. The topological polar surface area (TPSA) is 101 Å². The molecule has 7 nitrogen and oxygen atoms in total. The van der Waals surface area contributed by atoms with Gasteiger partial charge in [0.05, 0.1) is 6.42 Å². The van der Waals surface area contributed by atoms with Gasteiger partial charge < -0.3 is 19.4 Å². The van der Waals surface area contributed by atoms with Crippen molar-refractivity contribution in [3.05, 3.63) is 53.2 Å².